The van der Waals surface area contributed by atoms with Crippen LogP contribution < -0.4 is 11.1 Å². The highest BCUT2D eigenvalue weighted by atomic mass is 19.1. The van der Waals surface area contributed by atoms with Crippen molar-refractivity contribution in [3.05, 3.63) is 46.5 Å². The molecule has 0 saturated heterocycles. The molecule has 0 aliphatic rings. The van der Waals surface area contributed by atoms with Crippen LogP contribution >= 0.6 is 0 Å². The molecule has 6 nitrogen and oxygen atoms in total. The highest BCUT2D eigenvalue weighted by Gasteiger charge is 2.07. The molecule has 1 aromatic heterocycles. The monoisotopic (exact) mass is 291 g/mol. The zero-order valence-electron chi connectivity index (χ0n) is 12.1. The van der Waals surface area contributed by atoms with E-state index in [0.717, 1.165) is 5.56 Å². The molecule has 0 spiro atoms. The number of nitrogens with one attached hydrogen (secondary N) is 1. The van der Waals surface area contributed by atoms with Gasteiger partial charge in [-0.05, 0) is 30.5 Å². The van der Waals surface area contributed by atoms with E-state index in [1.807, 2.05) is 0 Å². The van der Waals surface area contributed by atoms with Crippen LogP contribution in [0.4, 0.5) is 4.39 Å². The fourth-order valence-corrected chi connectivity index (χ4v) is 2.05. The number of carbonyl (C=O) groups is 1. The van der Waals surface area contributed by atoms with Crippen LogP contribution in [0.2, 0.25) is 0 Å². The van der Waals surface area contributed by atoms with Crippen LogP contribution in [-0.4, -0.2) is 20.9 Å². The summed E-state index contributed by atoms with van der Waals surface area (Å²) >= 11 is 0. The minimum atomic E-state index is -0.206. The Morgan fingerprint density at radius 2 is 2.05 bits per heavy atom. The minimum Gasteiger partial charge on any atom is -0.350 e. The Bertz CT molecular complexity index is 630. The van der Waals surface area contributed by atoms with Gasteiger partial charge in [-0.15, -0.1) is 5.10 Å². The average molecular weight is 291 g/mol. The largest absolute Gasteiger partial charge is 0.350 e. The van der Waals surface area contributed by atoms with Crippen molar-refractivity contribution in [2.24, 2.45) is 5.73 Å². The smallest absolute Gasteiger partial charge is 0.242 e. The quantitative estimate of drug-likeness (QED) is 0.853. The Hall–Kier alpha value is -2.28. The molecule has 0 fully saturated rings. The molecule has 1 heterocycles. The maximum Gasteiger partial charge on any atom is 0.242 e. The van der Waals surface area contributed by atoms with Gasteiger partial charge in [0, 0.05) is 13.1 Å². The summed E-state index contributed by atoms with van der Waals surface area (Å²) in [4.78, 5) is 11.8. The molecular weight excluding hydrogens is 273 g/mol. The van der Waals surface area contributed by atoms with Crippen molar-refractivity contribution in [2.45, 2.75) is 33.5 Å². The van der Waals surface area contributed by atoms with E-state index in [0.29, 0.717) is 23.4 Å². The zero-order valence-corrected chi connectivity index (χ0v) is 12.1. The van der Waals surface area contributed by atoms with E-state index in [1.54, 1.807) is 32.2 Å². The summed E-state index contributed by atoms with van der Waals surface area (Å²) in [5, 5.41) is 10.4. The summed E-state index contributed by atoms with van der Waals surface area (Å²) in [5.41, 5.74) is 8.06. The number of benzene rings is 1. The van der Waals surface area contributed by atoms with Crippen molar-refractivity contribution in [2.75, 3.05) is 0 Å². The maximum atomic E-state index is 13.5. The molecular formula is C14H18FN5O. The number of nitrogens with two attached hydrogens (primary N) is 1. The number of rotatable bonds is 5. The fraction of sp³-hybridized carbons (Fsp3) is 0.357. The van der Waals surface area contributed by atoms with E-state index >= 15 is 0 Å². The Morgan fingerprint density at radius 3 is 2.62 bits per heavy atom. The number of nitrogens with zero attached hydrogens (tertiary/aromatic N) is 3. The number of carbonyl (C=O) groups excluding carboxylic acids is 1. The summed E-state index contributed by atoms with van der Waals surface area (Å²) in [6.07, 6.45) is 1.63. The number of amides is 1. The maximum absolute atomic E-state index is 13.5. The summed E-state index contributed by atoms with van der Waals surface area (Å²) in [6.45, 7) is 4.12. The molecule has 0 atom stereocenters. The van der Waals surface area contributed by atoms with E-state index in [9.17, 15) is 9.18 Å². The molecule has 2 aromatic rings. The van der Waals surface area contributed by atoms with Crippen molar-refractivity contribution in [1.82, 2.24) is 20.3 Å². The highest BCUT2D eigenvalue weighted by molar-refractivity contribution is 5.75. The first-order valence-corrected chi connectivity index (χ1v) is 6.61. The molecule has 0 aliphatic heterocycles. The van der Waals surface area contributed by atoms with E-state index in [-0.39, 0.29) is 24.8 Å². The third-order valence-electron chi connectivity index (χ3n) is 3.09. The minimum absolute atomic E-state index is 0.0756. The molecule has 112 valence electrons. The molecule has 0 bridgehead atoms. The normalized spacial score (nSPS) is 10.7. The van der Waals surface area contributed by atoms with Gasteiger partial charge in [0.2, 0.25) is 5.91 Å². The second kappa shape index (κ2) is 6.45. The third kappa shape index (κ3) is 3.85. The number of hydrogen-bond donors (Lipinski definition) is 2. The van der Waals surface area contributed by atoms with E-state index in [1.165, 1.54) is 4.68 Å². The molecule has 7 heteroatoms. The van der Waals surface area contributed by atoms with Gasteiger partial charge < -0.3 is 11.1 Å². The van der Waals surface area contributed by atoms with E-state index < -0.39 is 0 Å². The molecule has 3 N–H and O–H groups in total. The predicted octanol–water partition coefficient (Wildman–Crippen LogP) is 0.809. The lowest BCUT2D eigenvalue weighted by Gasteiger charge is -2.08. The van der Waals surface area contributed by atoms with E-state index in [2.05, 4.69) is 15.6 Å². The summed E-state index contributed by atoms with van der Waals surface area (Å²) in [6, 6.07) is 3.45. The van der Waals surface area contributed by atoms with Crippen molar-refractivity contribution in [3.63, 3.8) is 0 Å². The van der Waals surface area contributed by atoms with Crippen LogP contribution in [-0.2, 0) is 24.4 Å². The van der Waals surface area contributed by atoms with Gasteiger partial charge in [-0.1, -0.05) is 17.3 Å². The number of aryl methyl sites for hydroxylation is 2. The number of hydrogen-bond acceptors (Lipinski definition) is 4. The van der Waals surface area contributed by atoms with Gasteiger partial charge in [0.05, 0.1) is 11.9 Å². The highest BCUT2D eigenvalue weighted by Crippen LogP contribution is 2.14. The number of aromatic nitrogens is 3. The van der Waals surface area contributed by atoms with E-state index in [4.69, 9.17) is 5.73 Å². The fourth-order valence-electron chi connectivity index (χ4n) is 2.05. The summed E-state index contributed by atoms with van der Waals surface area (Å²) < 4.78 is 14.9. The second-order valence-corrected chi connectivity index (χ2v) is 4.93. The van der Waals surface area contributed by atoms with Crippen molar-refractivity contribution >= 4 is 5.91 Å². The van der Waals surface area contributed by atoms with Crippen LogP contribution in [0.3, 0.4) is 0 Å². The second-order valence-electron chi connectivity index (χ2n) is 4.93. The van der Waals surface area contributed by atoms with Crippen LogP contribution in [0.1, 0.15) is 22.4 Å². The topological polar surface area (TPSA) is 85.8 Å². The Morgan fingerprint density at radius 1 is 1.38 bits per heavy atom. The molecule has 0 saturated carbocycles. The molecule has 1 amide bonds. The van der Waals surface area contributed by atoms with Gasteiger partial charge in [0.1, 0.15) is 12.4 Å². The molecule has 2 rings (SSSR count). The molecule has 1 aromatic carbocycles. The van der Waals surface area contributed by atoms with Crippen molar-refractivity contribution in [3.8, 4) is 0 Å². The Balaban J connectivity index is 1.92. The lowest BCUT2D eigenvalue weighted by molar-refractivity contribution is -0.122. The molecule has 0 unspecified atom stereocenters. The first-order chi connectivity index (χ1) is 9.99. The first kappa shape index (κ1) is 15.1. The van der Waals surface area contributed by atoms with Gasteiger partial charge in [0.15, 0.2) is 0 Å². The van der Waals surface area contributed by atoms with Crippen LogP contribution in [0.5, 0.6) is 0 Å². The average Bonchev–Trinajstić information content (AvgIpc) is 2.90. The zero-order chi connectivity index (χ0) is 15.4. The lowest BCUT2D eigenvalue weighted by atomic mass is 10.1. The van der Waals surface area contributed by atoms with Crippen molar-refractivity contribution < 1.29 is 9.18 Å². The van der Waals surface area contributed by atoms with Gasteiger partial charge in [0.25, 0.3) is 0 Å². The first-order valence-electron chi connectivity index (χ1n) is 6.61. The van der Waals surface area contributed by atoms with Gasteiger partial charge >= 0.3 is 0 Å². The van der Waals surface area contributed by atoms with Crippen LogP contribution in [0.15, 0.2) is 18.3 Å². The Labute approximate surface area is 122 Å². The predicted molar refractivity (Wildman–Crippen MR) is 75.6 cm³/mol. The van der Waals surface area contributed by atoms with Crippen LogP contribution in [0, 0.1) is 19.7 Å². The SMILES string of the molecule is Cc1cc(CNC(=O)Cn2cc(CN)nn2)cc(C)c1F. The van der Waals surface area contributed by atoms with Crippen molar-refractivity contribution in [1.29, 1.82) is 0 Å². The third-order valence-corrected chi connectivity index (χ3v) is 3.09. The van der Waals surface area contributed by atoms with Gasteiger partial charge in [-0.3, -0.25) is 4.79 Å². The molecule has 0 aliphatic carbocycles. The van der Waals surface area contributed by atoms with Gasteiger partial charge in [-0.2, -0.15) is 0 Å². The summed E-state index contributed by atoms with van der Waals surface area (Å²) in [5.74, 6) is -0.398. The molecule has 21 heavy (non-hydrogen) atoms. The van der Waals surface area contributed by atoms with Gasteiger partial charge in [-0.25, -0.2) is 9.07 Å². The lowest BCUT2D eigenvalue weighted by Crippen LogP contribution is -2.27. The Kier molecular flexibility index (Phi) is 4.64. The molecule has 0 radical (unpaired) electrons. The number of halogens is 1. The standard InChI is InChI=1S/C14H18FN5O/c1-9-3-11(4-10(2)14(9)15)6-17-13(21)8-20-7-12(5-16)18-19-20/h3-4,7H,5-6,8,16H2,1-2H3,(H,17,21). The summed E-state index contributed by atoms with van der Waals surface area (Å²) in [7, 11) is 0. The van der Waals surface area contributed by atoms with Crippen LogP contribution in [0.25, 0.3) is 0 Å².